The van der Waals surface area contributed by atoms with Crippen molar-refractivity contribution in [3.8, 4) is 0 Å². The fourth-order valence-electron chi connectivity index (χ4n) is 3.74. The quantitative estimate of drug-likeness (QED) is 0.779. The molecular weight excluding hydrogens is 366 g/mol. The van der Waals surface area contributed by atoms with E-state index >= 15 is 0 Å². The fraction of sp³-hybridized carbons (Fsp3) is 0.632. The Morgan fingerprint density at radius 3 is 2.54 bits per heavy atom. The van der Waals surface area contributed by atoms with Gasteiger partial charge >= 0.3 is 0 Å². The second-order valence-electron chi connectivity index (χ2n) is 7.81. The van der Waals surface area contributed by atoms with Crippen molar-refractivity contribution >= 4 is 36.7 Å². The molecule has 4 rings (SSSR count). The van der Waals surface area contributed by atoms with Crippen molar-refractivity contribution in [2.24, 2.45) is 5.92 Å². The van der Waals surface area contributed by atoms with Gasteiger partial charge in [0, 0.05) is 26.7 Å². The largest absolute Gasteiger partial charge is 0.348 e. The molecule has 0 unspecified atom stereocenters. The summed E-state index contributed by atoms with van der Waals surface area (Å²) >= 11 is 1.77. The Bertz CT molecular complexity index is 910. The topological polar surface area (TPSA) is 53.5 Å². The molecule has 0 radical (unpaired) electrons. The number of thiazole rings is 1. The summed E-state index contributed by atoms with van der Waals surface area (Å²) in [5, 5.41) is 0.994. The van der Waals surface area contributed by atoms with Crippen molar-refractivity contribution in [1.82, 2.24) is 9.29 Å². The van der Waals surface area contributed by atoms with Crippen LogP contribution in [0.3, 0.4) is 0 Å². The summed E-state index contributed by atoms with van der Waals surface area (Å²) in [5.41, 5.74) is 3.68. The van der Waals surface area contributed by atoms with E-state index < -0.39 is 10.0 Å². The summed E-state index contributed by atoms with van der Waals surface area (Å²) in [4.78, 5) is 7.26. The number of fused-ring (bicyclic) bond motifs is 1. The second-order valence-corrected chi connectivity index (χ2v) is 11.1. The van der Waals surface area contributed by atoms with Gasteiger partial charge in [0.2, 0.25) is 10.0 Å². The standard InChI is InChI=1S/C19H27N3O2S2/c1-13-4-7-17-18(14(13)2)20-19(25-17)22-10-8-15(9-11-22)12-21(3)26(23,24)16-5-6-16/h4,7,15-16H,5-6,8-12H2,1-3H3. The average Bonchev–Trinajstić information content (AvgIpc) is 3.39. The van der Waals surface area contributed by atoms with Crippen LogP contribution in [-0.4, -0.2) is 49.6 Å². The number of anilines is 1. The molecule has 1 aromatic heterocycles. The number of hydrogen-bond acceptors (Lipinski definition) is 5. The smallest absolute Gasteiger partial charge is 0.216 e. The van der Waals surface area contributed by atoms with E-state index in [1.165, 1.54) is 15.8 Å². The predicted molar refractivity (Wildman–Crippen MR) is 109 cm³/mol. The Balaban J connectivity index is 1.40. The van der Waals surface area contributed by atoms with Gasteiger partial charge < -0.3 is 4.90 Å². The monoisotopic (exact) mass is 393 g/mol. The minimum absolute atomic E-state index is 0.109. The lowest BCUT2D eigenvalue weighted by molar-refractivity contribution is 0.327. The molecule has 2 aliphatic rings. The van der Waals surface area contributed by atoms with Crippen molar-refractivity contribution in [1.29, 1.82) is 0 Å². The number of sulfonamides is 1. The van der Waals surface area contributed by atoms with E-state index in [4.69, 9.17) is 4.98 Å². The second kappa shape index (κ2) is 6.77. The Morgan fingerprint density at radius 2 is 1.88 bits per heavy atom. The molecule has 1 aliphatic carbocycles. The van der Waals surface area contributed by atoms with Crippen LogP contribution in [0.1, 0.15) is 36.8 Å². The molecule has 26 heavy (non-hydrogen) atoms. The number of aromatic nitrogens is 1. The van der Waals surface area contributed by atoms with E-state index in [2.05, 4.69) is 30.9 Å². The third-order valence-corrected chi connectivity index (χ3v) is 9.27. The van der Waals surface area contributed by atoms with Gasteiger partial charge in [0.1, 0.15) is 0 Å². The van der Waals surface area contributed by atoms with Crippen LogP contribution in [0.15, 0.2) is 12.1 Å². The van der Waals surface area contributed by atoms with Crippen LogP contribution >= 0.6 is 11.3 Å². The zero-order valence-corrected chi connectivity index (χ0v) is 17.4. The first-order valence-electron chi connectivity index (χ1n) is 9.43. The summed E-state index contributed by atoms with van der Waals surface area (Å²) in [6.45, 7) is 6.85. The van der Waals surface area contributed by atoms with Gasteiger partial charge in [-0.15, -0.1) is 0 Å². The highest BCUT2D eigenvalue weighted by atomic mass is 32.2. The molecule has 2 fully saturated rings. The summed E-state index contributed by atoms with van der Waals surface area (Å²) in [6.07, 6.45) is 3.72. The first kappa shape index (κ1) is 18.2. The Kier molecular flexibility index (Phi) is 4.73. The zero-order chi connectivity index (χ0) is 18.5. The Hall–Kier alpha value is -1.18. The molecular formula is C19H27N3O2S2. The van der Waals surface area contributed by atoms with E-state index in [1.54, 1.807) is 22.7 Å². The summed E-state index contributed by atoms with van der Waals surface area (Å²) in [5.74, 6) is 0.447. The van der Waals surface area contributed by atoms with Crippen LogP contribution in [0.5, 0.6) is 0 Å². The van der Waals surface area contributed by atoms with Crippen molar-refractivity contribution in [3.63, 3.8) is 0 Å². The average molecular weight is 394 g/mol. The van der Waals surface area contributed by atoms with Gasteiger partial charge in [-0.2, -0.15) is 0 Å². The number of hydrogen-bond donors (Lipinski definition) is 0. The lowest BCUT2D eigenvalue weighted by atomic mass is 9.97. The number of rotatable bonds is 5. The molecule has 0 bridgehead atoms. The van der Waals surface area contributed by atoms with Gasteiger partial charge in [-0.25, -0.2) is 17.7 Å². The molecule has 7 heteroatoms. The van der Waals surface area contributed by atoms with Gasteiger partial charge in [0.15, 0.2) is 5.13 Å². The van der Waals surface area contributed by atoms with Crippen molar-refractivity contribution in [2.45, 2.75) is 44.8 Å². The molecule has 2 aromatic rings. The lowest BCUT2D eigenvalue weighted by Crippen LogP contribution is -2.40. The lowest BCUT2D eigenvalue weighted by Gasteiger charge is -2.33. The normalized spacial score (nSPS) is 19.6. The van der Waals surface area contributed by atoms with Crippen LogP contribution in [0, 0.1) is 19.8 Å². The zero-order valence-electron chi connectivity index (χ0n) is 15.7. The Morgan fingerprint density at radius 1 is 1.19 bits per heavy atom. The van der Waals surface area contributed by atoms with Crippen molar-refractivity contribution in [3.05, 3.63) is 23.3 Å². The highest BCUT2D eigenvalue weighted by Gasteiger charge is 2.39. The number of piperidine rings is 1. The maximum atomic E-state index is 12.3. The minimum Gasteiger partial charge on any atom is -0.348 e. The third kappa shape index (κ3) is 3.37. The molecule has 142 valence electrons. The highest BCUT2D eigenvalue weighted by molar-refractivity contribution is 7.90. The van der Waals surface area contributed by atoms with Gasteiger partial charge in [0.05, 0.1) is 15.5 Å². The first-order valence-corrected chi connectivity index (χ1v) is 11.7. The molecule has 0 amide bonds. The van der Waals surface area contributed by atoms with E-state index in [1.807, 2.05) is 0 Å². The third-order valence-electron chi connectivity index (χ3n) is 5.85. The molecule has 1 aliphatic heterocycles. The van der Waals surface area contributed by atoms with Gasteiger partial charge in [-0.05, 0) is 62.6 Å². The van der Waals surface area contributed by atoms with E-state index in [-0.39, 0.29) is 5.25 Å². The van der Waals surface area contributed by atoms with Crippen molar-refractivity contribution < 1.29 is 8.42 Å². The molecule has 2 heterocycles. The maximum absolute atomic E-state index is 12.3. The van der Waals surface area contributed by atoms with Gasteiger partial charge in [0.25, 0.3) is 0 Å². The first-order chi connectivity index (χ1) is 12.4. The maximum Gasteiger partial charge on any atom is 0.216 e. The van der Waals surface area contributed by atoms with Crippen LogP contribution < -0.4 is 4.90 Å². The number of aryl methyl sites for hydroxylation is 2. The summed E-state index contributed by atoms with van der Waals surface area (Å²) < 4.78 is 27.5. The molecule has 1 aromatic carbocycles. The van der Waals surface area contributed by atoms with E-state index in [0.29, 0.717) is 12.5 Å². The van der Waals surface area contributed by atoms with Crippen molar-refractivity contribution in [2.75, 3.05) is 31.6 Å². The van der Waals surface area contributed by atoms with Crippen LogP contribution in [0.25, 0.3) is 10.2 Å². The van der Waals surface area contributed by atoms with Gasteiger partial charge in [-0.3, -0.25) is 0 Å². The van der Waals surface area contributed by atoms with E-state index in [9.17, 15) is 8.42 Å². The van der Waals surface area contributed by atoms with E-state index in [0.717, 1.165) is 49.4 Å². The molecule has 5 nitrogen and oxygen atoms in total. The minimum atomic E-state index is -3.05. The predicted octanol–water partition coefficient (Wildman–Crippen LogP) is 3.55. The Labute approximate surface area is 160 Å². The van der Waals surface area contributed by atoms with Crippen LogP contribution in [0.4, 0.5) is 5.13 Å². The molecule has 1 saturated heterocycles. The SMILES string of the molecule is Cc1ccc2sc(N3CCC(CN(C)S(=O)(=O)C4CC4)CC3)nc2c1C. The van der Waals surface area contributed by atoms with Crippen LogP contribution in [0.2, 0.25) is 0 Å². The molecule has 0 atom stereocenters. The van der Waals surface area contributed by atoms with Gasteiger partial charge in [-0.1, -0.05) is 17.4 Å². The summed E-state index contributed by atoms with van der Waals surface area (Å²) in [6, 6.07) is 4.34. The fourth-order valence-corrected chi connectivity index (χ4v) is 6.48. The number of nitrogens with zero attached hydrogens (tertiary/aromatic N) is 3. The molecule has 0 N–H and O–H groups in total. The highest BCUT2D eigenvalue weighted by Crippen LogP contribution is 2.35. The molecule has 0 spiro atoms. The van der Waals surface area contributed by atoms with Crippen LogP contribution in [-0.2, 0) is 10.0 Å². The summed E-state index contributed by atoms with van der Waals surface area (Å²) in [7, 11) is -1.30. The molecule has 1 saturated carbocycles. The number of benzene rings is 1.